The summed E-state index contributed by atoms with van der Waals surface area (Å²) in [4.78, 5) is 21.8. The molecule has 0 bridgehead atoms. The number of amides is 1. The van der Waals surface area contributed by atoms with Crippen LogP contribution in [0.1, 0.15) is 91.7 Å². The molecule has 0 fully saturated rings. The number of esters is 1. The molecule has 1 aliphatic heterocycles. The van der Waals surface area contributed by atoms with E-state index in [2.05, 4.69) is 118 Å². The first kappa shape index (κ1) is 62.2. The van der Waals surface area contributed by atoms with Crippen molar-refractivity contribution in [2.24, 2.45) is 5.92 Å². The van der Waals surface area contributed by atoms with Gasteiger partial charge in [-0.2, -0.15) is 0 Å². The van der Waals surface area contributed by atoms with Crippen LogP contribution in [0.15, 0.2) is 91.6 Å². The SMILES string of the molecule is CCC(C)C(=O)OCCNC(=O)OCCSc1c(F)c(F)c(S(=O)(=O)NS(=O)(=O)c2c(Br)c(Br)c(Br)c(Br)c2-c2c3ccc(=[N+](CC)CC)cc-3oc3cc(N(CC)c4c(C(C)C)cccc4C(C)C)ccc23)c(F)c1F. The molecule has 24 heteroatoms. The molecule has 4 aromatic carbocycles. The van der Waals surface area contributed by atoms with E-state index in [0.717, 1.165) is 27.9 Å². The largest absolute Gasteiger partial charge is 0.464 e. The van der Waals surface area contributed by atoms with Gasteiger partial charge in [0.15, 0.2) is 28.2 Å². The molecule has 0 spiro atoms. The van der Waals surface area contributed by atoms with Crippen molar-refractivity contribution in [2.45, 2.75) is 95.3 Å². The summed E-state index contributed by atoms with van der Waals surface area (Å²) in [6.07, 6.45) is -0.446. The number of ether oxygens (including phenoxy) is 2. The summed E-state index contributed by atoms with van der Waals surface area (Å²) < 4.78 is 142. The quantitative estimate of drug-likeness (QED) is 0.0103. The Morgan fingerprint density at radius 2 is 1.32 bits per heavy atom. The summed E-state index contributed by atoms with van der Waals surface area (Å²) in [5, 5.41) is 3.46. The summed E-state index contributed by atoms with van der Waals surface area (Å²) >= 11 is 14.0. The van der Waals surface area contributed by atoms with Gasteiger partial charge in [-0.15, -0.1) is 15.9 Å². The fourth-order valence-corrected chi connectivity index (χ4v) is 15.9. The third kappa shape index (κ3) is 13.1. The third-order valence-electron chi connectivity index (χ3n) is 12.7. The summed E-state index contributed by atoms with van der Waals surface area (Å²) in [5.41, 5.74) is 4.81. The predicted molar refractivity (Wildman–Crippen MR) is 307 cm³/mol. The van der Waals surface area contributed by atoms with Gasteiger partial charge < -0.3 is 24.1 Å². The fourth-order valence-electron chi connectivity index (χ4n) is 8.60. The first-order chi connectivity index (χ1) is 36.3. The normalized spacial score (nSPS) is 12.5. The van der Waals surface area contributed by atoms with Gasteiger partial charge in [0, 0.05) is 71.3 Å². The monoisotopic (exact) mass is 1380 g/mol. The van der Waals surface area contributed by atoms with Crippen LogP contribution in [-0.4, -0.2) is 74.0 Å². The highest BCUT2D eigenvalue weighted by Gasteiger charge is 2.40. The standard InChI is InChI=1S/C53H56Br4F4N4O9S3/c1-10-29(9)52(66)72-22-21-62-53(67)73-23-24-75-49-44(58)46(60)51(47(61)45(49)59)77(70,71)63-76(68,69)50-39(40(54)41(55)42(56)43(50)57)38-34-19-17-30(64(11-2)12-3)25-36(34)74-37-26-31(18-20-35(37)38)65(13-4)48-32(27(5)6)15-14-16-33(48)28(7)8/h14-20,25-29,63H,10-13,21-24H2,1-9H3/p+1. The van der Waals surface area contributed by atoms with E-state index in [-0.39, 0.29) is 71.7 Å². The number of nitrogens with zero attached hydrogens (tertiary/aromatic N) is 2. The van der Waals surface area contributed by atoms with E-state index in [0.29, 0.717) is 48.3 Å². The fraction of sp³-hybridized carbons (Fsp3) is 0.377. The number of sulfonamides is 2. The van der Waals surface area contributed by atoms with E-state index < -0.39 is 82.4 Å². The molecular formula is C53H57Br4F4N4O9S3+. The number of carbonyl (C=O) groups is 2. The zero-order valence-corrected chi connectivity index (χ0v) is 52.2. The number of halogens is 8. The van der Waals surface area contributed by atoms with Gasteiger partial charge >= 0.3 is 12.1 Å². The number of para-hydroxylation sites is 1. The summed E-state index contributed by atoms with van der Waals surface area (Å²) in [6.45, 7) is 19.0. The third-order valence-corrected chi connectivity index (χ3v) is 22.3. The number of anilines is 2. The highest BCUT2D eigenvalue weighted by atomic mass is 79.9. The van der Waals surface area contributed by atoms with Crippen LogP contribution in [0.4, 0.5) is 33.7 Å². The number of fused-ring (bicyclic) bond motifs is 2. The van der Waals surface area contributed by atoms with Gasteiger partial charge in [0.1, 0.15) is 42.5 Å². The Bertz CT molecular complexity index is 3470. The van der Waals surface area contributed by atoms with Gasteiger partial charge in [-0.05, 0) is 132 Å². The van der Waals surface area contributed by atoms with Crippen LogP contribution in [-0.2, 0) is 34.3 Å². The van der Waals surface area contributed by atoms with Crippen molar-refractivity contribution < 1.29 is 57.9 Å². The number of hydrogen-bond acceptors (Lipinski definition) is 11. The molecule has 6 rings (SSSR count). The molecule has 1 unspecified atom stereocenters. The number of nitrogens with one attached hydrogen (secondary N) is 2. The zero-order chi connectivity index (χ0) is 57.0. The minimum atomic E-state index is -6.05. The Balaban J connectivity index is 1.46. The van der Waals surface area contributed by atoms with Crippen LogP contribution in [0.5, 0.6) is 0 Å². The maximum atomic E-state index is 16.0. The van der Waals surface area contributed by atoms with E-state index in [4.69, 9.17) is 13.9 Å². The average Bonchev–Trinajstić information content (AvgIpc) is 3.39. The smallest absolute Gasteiger partial charge is 0.407 e. The van der Waals surface area contributed by atoms with E-state index in [1.54, 1.807) is 26.0 Å². The van der Waals surface area contributed by atoms with E-state index in [1.165, 1.54) is 4.13 Å². The minimum absolute atomic E-state index is 0.0643. The molecule has 1 amide bonds. The lowest BCUT2D eigenvalue weighted by Gasteiger charge is -2.31. The Hall–Kier alpha value is -4.04. The second-order valence-electron chi connectivity index (χ2n) is 18.2. The number of rotatable bonds is 21. The zero-order valence-electron chi connectivity index (χ0n) is 43.4. The van der Waals surface area contributed by atoms with Gasteiger partial charge in [-0.1, -0.05) is 59.7 Å². The van der Waals surface area contributed by atoms with E-state index in [9.17, 15) is 26.4 Å². The molecule has 2 aliphatic rings. The van der Waals surface area contributed by atoms with Crippen LogP contribution in [0.3, 0.4) is 0 Å². The molecule has 2 N–H and O–H groups in total. The lowest BCUT2D eigenvalue weighted by molar-refractivity contribution is -0.147. The summed E-state index contributed by atoms with van der Waals surface area (Å²) in [6, 6.07) is 17.1. The molecular weight excluding hydrogens is 1330 g/mol. The van der Waals surface area contributed by atoms with Gasteiger partial charge in [0.05, 0.1) is 27.9 Å². The molecule has 77 heavy (non-hydrogen) atoms. The van der Waals surface area contributed by atoms with Crippen molar-refractivity contribution >= 4 is 130 Å². The number of carbonyl (C=O) groups excluding carboxylic acids is 2. The highest BCUT2D eigenvalue weighted by molar-refractivity contribution is 9.15. The molecule has 0 radical (unpaired) electrons. The van der Waals surface area contributed by atoms with Crippen LogP contribution < -0.4 is 24.3 Å². The van der Waals surface area contributed by atoms with Crippen molar-refractivity contribution in [3.05, 3.63) is 112 Å². The van der Waals surface area contributed by atoms with Crippen molar-refractivity contribution in [1.29, 1.82) is 0 Å². The minimum Gasteiger partial charge on any atom is -0.464 e. The molecule has 1 heterocycles. The molecule has 1 aliphatic carbocycles. The van der Waals surface area contributed by atoms with Crippen molar-refractivity contribution in [2.75, 3.05) is 50.0 Å². The number of alkyl carbamates (subject to hydrolysis) is 1. The Morgan fingerprint density at radius 1 is 0.727 bits per heavy atom. The second kappa shape index (κ2) is 26.0. The van der Waals surface area contributed by atoms with Crippen LogP contribution in [0.25, 0.3) is 33.4 Å². The van der Waals surface area contributed by atoms with Crippen molar-refractivity contribution in [3.63, 3.8) is 0 Å². The number of benzene rings is 5. The van der Waals surface area contributed by atoms with E-state index >= 15 is 17.6 Å². The van der Waals surface area contributed by atoms with Crippen LogP contribution in [0.2, 0.25) is 0 Å². The Labute approximate surface area is 483 Å². The Kier molecular flexibility index (Phi) is 21.0. The lowest BCUT2D eigenvalue weighted by Crippen LogP contribution is -2.33. The van der Waals surface area contributed by atoms with Gasteiger partial charge in [-0.3, -0.25) is 4.79 Å². The second-order valence-corrected chi connectivity index (χ2v) is 26.0. The molecule has 0 saturated heterocycles. The predicted octanol–water partition coefficient (Wildman–Crippen LogP) is 14.1. The van der Waals surface area contributed by atoms with Crippen LogP contribution >= 0.6 is 75.5 Å². The first-order valence-corrected chi connectivity index (χ1v) is 31.6. The maximum Gasteiger partial charge on any atom is 0.407 e. The lowest BCUT2D eigenvalue weighted by atomic mass is 9.91. The van der Waals surface area contributed by atoms with E-state index in [1.807, 2.05) is 51.1 Å². The van der Waals surface area contributed by atoms with Gasteiger partial charge in [0.2, 0.25) is 5.36 Å². The maximum absolute atomic E-state index is 16.0. The molecule has 1 atom stereocenters. The number of hydrogen-bond donors (Lipinski definition) is 2. The molecule has 416 valence electrons. The first-order valence-electron chi connectivity index (χ1n) is 24.5. The summed E-state index contributed by atoms with van der Waals surface area (Å²) in [5.74, 6) is -9.78. The highest BCUT2D eigenvalue weighted by Crippen LogP contribution is 2.53. The molecule has 0 saturated carbocycles. The molecule has 4 aromatic rings. The molecule has 0 aromatic heterocycles. The van der Waals surface area contributed by atoms with Crippen molar-refractivity contribution in [3.8, 4) is 22.5 Å². The average molecular weight is 1390 g/mol. The van der Waals surface area contributed by atoms with Gasteiger partial charge in [-0.25, -0.2) is 43.8 Å². The van der Waals surface area contributed by atoms with Crippen LogP contribution in [0, 0.1) is 29.2 Å². The summed E-state index contributed by atoms with van der Waals surface area (Å²) in [7, 11) is -11.6. The molecule has 13 nitrogen and oxygen atoms in total. The topological polar surface area (TPSA) is 164 Å². The number of thioether (sulfide) groups is 1. The Morgan fingerprint density at radius 3 is 1.90 bits per heavy atom. The van der Waals surface area contributed by atoms with Gasteiger partial charge in [0.25, 0.3) is 20.0 Å². The van der Waals surface area contributed by atoms with Crippen molar-refractivity contribution in [1.82, 2.24) is 14.0 Å².